The normalized spacial score (nSPS) is 15.0. The number of hydrogen-bond donors (Lipinski definition) is 0. The predicted octanol–water partition coefficient (Wildman–Crippen LogP) is 8.13. The van der Waals surface area contributed by atoms with Gasteiger partial charge in [0.25, 0.3) is 0 Å². The smallest absolute Gasteiger partial charge is 0.306 e. The summed E-state index contributed by atoms with van der Waals surface area (Å²) in [6.07, 6.45) is 20.8. The summed E-state index contributed by atoms with van der Waals surface area (Å²) in [6, 6.07) is 0. The lowest BCUT2D eigenvalue weighted by Crippen LogP contribution is -2.09. The molecule has 0 rings (SSSR count). The first-order valence-electron chi connectivity index (χ1n) is 11.1. The van der Waals surface area contributed by atoms with E-state index in [1.54, 1.807) is 0 Å². The van der Waals surface area contributed by atoms with Gasteiger partial charge in [-0.2, -0.15) is 0 Å². The summed E-state index contributed by atoms with van der Waals surface area (Å²) in [5, 5.41) is 0. The Kier molecular flexibility index (Phi) is 16.0. The SMILES string of the molecule is CC=CCCC=CCOC(=O)CC(C)C=C(C)CC(C)C=C(C)CCC=C(C)C. The molecule has 0 N–H and O–H groups in total. The van der Waals surface area contributed by atoms with Gasteiger partial charge in [0.1, 0.15) is 6.61 Å². The Morgan fingerprint density at radius 3 is 2.10 bits per heavy atom. The summed E-state index contributed by atoms with van der Waals surface area (Å²) in [6.45, 7) is 15.4. The minimum absolute atomic E-state index is 0.122. The van der Waals surface area contributed by atoms with Crippen LogP contribution in [0.2, 0.25) is 0 Å². The van der Waals surface area contributed by atoms with Crippen molar-refractivity contribution in [1.82, 2.24) is 0 Å². The molecule has 164 valence electrons. The van der Waals surface area contributed by atoms with Crippen LogP contribution in [0.4, 0.5) is 0 Å². The molecule has 0 aromatic heterocycles. The average Bonchev–Trinajstić information content (AvgIpc) is 2.59. The second-order valence-electron chi connectivity index (χ2n) is 8.51. The lowest BCUT2D eigenvalue weighted by Gasteiger charge is -2.12. The van der Waals surface area contributed by atoms with Crippen LogP contribution in [0.5, 0.6) is 0 Å². The Morgan fingerprint density at radius 2 is 1.45 bits per heavy atom. The first-order chi connectivity index (χ1) is 13.7. The summed E-state index contributed by atoms with van der Waals surface area (Å²) in [4.78, 5) is 12.0. The van der Waals surface area contributed by atoms with E-state index in [1.807, 2.05) is 13.0 Å². The molecule has 0 saturated carbocycles. The van der Waals surface area contributed by atoms with Gasteiger partial charge in [-0.25, -0.2) is 0 Å². The number of esters is 1. The highest BCUT2D eigenvalue weighted by molar-refractivity contribution is 5.70. The highest BCUT2D eigenvalue weighted by Crippen LogP contribution is 2.19. The van der Waals surface area contributed by atoms with Gasteiger partial charge in [0.15, 0.2) is 0 Å². The van der Waals surface area contributed by atoms with E-state index in [9.17, 15) is 4.79 Å². The number of ether oxygens (including phenoxy) is 1. The van der Waals surface area contributed by atoms with Crippen molar-refractivity contribution < 1.29 is 9.53 Å². The van der Waals surface area contributed by atoms with Crippen LogP contribution in [0, 0.1) is 11.8 Å². The van der Waals surface area contributed by atoms with E-state index in [2.05, 4.69) is 78.0 Å². The van der Waals surface area contributed by atoms with Crippen molar-refractivity contribution in [3.05, 3.63) is 59.3 Å². The molecule has 0 aromatic carbocycles. The second kappa shape index (κ2) is 17.1. The van der Waals surface area contributed by atoms with Gasteiger partial charge >= 0.3 is 5.97 Å². The van der Waals surface area contributed by atoms with Crippen LogP contribution in [0.15, 0.2) is 59.3 Å². The zero-order valence-electron chi connectivity index (χ0n) is 20.0. The van der Waals surface area contributed by atoms with Gasteiger partial charge in [0.05, 0.1) is 6.42 Å². The summed E-state index contributed by atoms with van der Waals surface area (Å²) < 4.78 is 5.30. The van der Waals surface area contributed by atoms with Crippen molar-refractivity contribution in [3.8, 4) is 0 Å². The van der Waals surface area contributed by atoms with Crippen LogP contribution < -0.4 is 0 Å². The molecule has 0 amide bonds. The maximum Gasteiger partial charge on any atom is 0.306 e. The quantitative estimate of drug-likeness (QED) is 0.167. The first kappa shape index (κ1) is 27.2. The Morgan fingerprint density at radius 1 is 0.828 bits per heavy atom. The fraction of sp³-hybridized carbons (Fsp3) is 0.593. The number of unbranched alkanes of at least 4 members (excludes halogenated alkanes) is 1. The van der Waals surface area contributed by atoms with Crippen LogP contribution in [-0.2, 0) is 9.53 Å². The lowest BCUT2D eigenvalue weighted by atomic mass is 9.95. The molecule has 2 atom stereocenters. The number of allylic oxidation sites excluding steroid dienone is 9. The zero-order chi connectivity index (χ0) is 22.1. The van der Waals surface area contributed by atoms with E-state index in [0.29, 0.717) is 18.9 Å². The molecule has 2 heteroatoms. The molecule has 0 aliphatic heterocycles. The van der Waals surface area contributed by atoms with Crippen LogP contribution in [0.3, 0.4) is 0 Å². The van der Waals surface area contributed by atoms with Crippen molar-refractivity contribution in [1.29, 1.82) is 0 Å². The molecule has 0 aliphatic carbocycles. The van der Waals surface area contributed by atoms with Gasteiger partial charge in [-0.05, 0) is 78.6 Å². The van der Waals surface area contributed by atoms with Crippen molar-refractivity contribution >= 4 is 5.97 Å². The van der Waals surface area contributed by atoms with E-state index in [4.69, 9.17) is 4.74 Å². The number of carbonyl (C=O) groups is 1. The van der Waals surface area contributed by atoms with Crippen molar-refractivity contribution in [3.63, 3.8) is 0 Å². The molecule has 0 aliphatic rings. The lowest BCUT2D eigenvalue weighted by molar-refractivity contribution is -0.143. The Balaban J connectivity index is 4.25. The average molecular weight is 401 g/mol. The third-order valence-corrected chi connectivity index (χ3v) is 4.60. The summed E-state index contributed by atoms with van der Waals surface area (Å²) in [7, 11) is 0. The molecule has 29 heavy (non-hydrogen) atoms. The topological polar surface area (TPSA) is 26.3 Å². The van der Waals surface area contributed by atoms with Gasteiger partial charge in [-0.1, -0.05) is 73.1 Å². The minimum Gasteiger partial charge on any atom is -0.461 e. The van der Waals surface area contributed by atoms with E-state index in [0.717, 1.165) is 32.1 Å². The standard InChI is InChI=1S/C27H44O2/c1-8-9-10-11-12-13-17-29-27(28)21-26(7)20-25(6)19-24(5)18-23(4)16-14-15-22(2)3/h8-9,12-13,15,18,20,24,26H,10-11,14,16-17,19,21H2,1-7H3. The Labute approximate surface area is 180 Å². The van der Waals surface area contributed by atoms with Crippen LogP contribution in [-0.4, -0.2) is 12.6 Å². The zero-order valence-corrected chi connectivity index (χ0v) is 20.0. The molecule has 0 bridgehead atoms. The monoisotopic (exact) mass is 400 g/mol. The molecular formula is C27H44O2. The van der Waals surface area contributed by atoms with Crippen molar-refractivity contribution in [2.75, 3.05) is 6.61 Å². The van der Waals surface area contributed by atoms with E-state index in [-0.39, 0.29) is 11.9 Å². The van der Waals surface area contributed by atoms with E-state index < -0.39 is 0 Å². The Bertz CT molecular complexity index is 598. The maximum atomic E-state index is 12.0. The number of rotatable bonds is 14. The Hall–Kier alpha value is -1.83. The molecular weight excluding hydrogens is 356 g/mol. The third-order valence-electron chi connectivity index (χ3n) is 4.60. The summed E-state index contributed by atoms with van der Waals surface area (Å²) in [5.74, 6) is 0.601. The van der Waals surface area contributed by atoms with Crippen molar-refractivity contribution in [2.45, 2.75) is 87.0 Å². The molecule has 0 aromatic rings. The maximum absolute atomic E-state index is 12.0. The van der Waals surface area contributed by atoms with Gasteiger partial charge in [0.2, 0.25) is 0 Å². The molecule has 0 heterocycles. The third kappa shape index (κ3) is 18.0. The summed E-state index contributed by atoms with van der Waals surface area (Å²) in [5.41, 5.74) is 4.19. The van der Waals surface area contributed by atoms with Crippen LogP contribution in [0.1, 0.15) is 87.0 Å². The van der Waals surface area contributed by atoms with E-state index >= 15 is 0 Å². The molecule has 0 saturated heterocycles. The van der Waals surface area contributed by atoms with Gasteiger partial charge < -0.3 is 4.74 Å². The molecule has 2 unspecified atom stereocenters. The molecule has 2 nitrogen and oxygen atoms in total. The first-order valence-corrected chi connectivity index (χ1v) is 11.1. The number of hydrogen-bond acceptors (Lipinski definition) is 2. The number of carbonyl (C=O) groups excluding carboxylic acids is 1. The van der Waals surface area contributed by atoms with E-state index in [1.165, 1.54) is 16.7 Å². The molecule has 0 fully saturated rings. The van der Waals surface area contributed by atoms with Crippen LogP contribution in [0.25, 0.3) is 0 Å². The molecule has 0 radical (unpaired) electrons. The second-order valence-corrected chi connectivity index (χ2v) is 8.51. The fourth-order valence-electron chi connectivity index (χ4n) is 3.34. The van der Waals surface area contributed by atoms with Gasteiger partial charge in [-0.15, -0.1) is 0 Å². The largest absolute Gasteiger partial charge is 0.461 e. The highest BCUT2D eigenvalue weighted by atomic mass is 16.5. The summed E-state index contributed by atoms with van der Waals surface area (Å²) >= 11 is 0. The van der Waals surface area contributed by atoms with Gasteiger partial charge in [-0.3, -0.25) is 4.79 Å². The minimum atomic E-state index is -0.122. The van der Waals surface area contributed by atoms with Gasteiger partial charge in [0, 0.05) is 0 Å². The molecule has 0 spiro atoms. The van der Waals surface area contributed by atoms with Crippen LogP contribution >= 0.6 is 0 Å². The fourth-order valence-corrected chi connectivity index (χ4v) is 3.34. The predicted molar refractivity (Wildman–Crippen MR) is 128 cm³/mol. The van der Waals surface area contributed by atoms with Crippen molar-refractivity contribution in [2.24, 2.45) is 11.8 Å². The highest BCUT2D eigenvalue weighted by Gasteiger charge is 2.09.